The highest BCUT2D eigenvalue weighted by Gasteiger charge is 2.44. The summed E-state index contributed by atoms with van der Waals surface area (Å²) in [6, 6.07) is 0. The highest BCUT2D eigenvalue weighted by atomic mass is 16.5. The van der Waals surface area contributed by atoms with Gasteiger partial charge in [-0.25, -0.2) is 0 Å². The molecule has 3 heteroatoms. The van der Waals surface area contributed by atoms with Crippen LogP contribution in [0.4, 0.5) is 0 Å². The Labute approximate surface area is 85.1 Å². The molecule has 0 aromatic rings. The number of aliphatic hydroxyl groups is 2. The van der Waals surface area contributed by atoms with Crippen LogP contribution in [0.1, 0.15) is 38.5 Å². The van der Waals surface area contributed by atoms with Crippen LogP contribution in [-0.4, -0.2) is 35.6 Å². The van der Waals surface area contributed by atoms with Crippen LogP contribution < -0.4 is 0 Å². The zero-order valence-electron chi connectivity index (χ0n) is 8.61. The first-order chi connectivity index (χ1) is 6.75. The van der Waals surface area contributed by atoms with E-state index in [1.807, 2.05) is 0 Å². The van der Waals surface area contributed by atoms with Gasteiger partial charge in [0.05, 0.1) is 18.8 Å². The van der Waals surface area contributed by atoms with Crippen molar-refractivity contribution in [2.45, 2.75) is 50.7 Å². The van der Waals surface area contributed by atoms with E-state index in [0.717, 1.165) is 45.1 Å². The maximum atomic E-state index is 10.0. The summed E-state index contributed by atoms with van der Waals surface area (Å²) in [6.07, 6.45) is 4.86. The Hall–Kier alpha value is -0.120. The smallest absolute Gasteiger partial charge is 0.0877 e. The van der Waals surface area contributed by atoms with Crippen molar-refractivity contribution in [1.29, 1.82) is 0 Å². The number of hydrogen-bond donors (Lipinski definition) is 2. The van der Waals surface area contributed by atoms with Crippen LogP contribution >= 0.6 is 0 Å². The maximum absolute atomic E-state index is 10.0. The number of hydrogen-bond acceptors (Lipinski definition) is 3. The molecule has 2 rings (SSSR count). The molecule has 1 heterocycles. The zero-order chi connectivity index (χ0) is 10.0. The van der Waals surface area contributed by atoms with Crippen molar-refractivity contribution >= 4 is 0 Å². The van der Waals surface area contributed by atoms with E-state index in [2.05, 4.69) is 0 Å². The summed E-state index contributed by atoms with van der Waals surface area (Å²) in [4.78, 5) is 0. The van der Waals surface area contributed by atoms with E-state index in [1.54, 1.807) is 0 Å². The molecule has 1 saturated heterocycles. The van der Waals surface area contributed by atoms with E-state index >= 15 is 0 Å². The Morgan fingerprint density at radius 1 is 1.07 bits per heavy atom. The predicted octanol–water partition coefficient (Wildman–Crippen LogP) is 1.08. The van der Waals surface area contributed by atoms with Gasteiger partial charge in [-0.15, -0.1) is 0 Å². The number of aliphatic hydroxyl groups excluding tert-OH is 2. The molecule has 0 unspecified atom stereocenters. The molecular formula is C11H20O3. The normalized spacial score (nSPS) is 45.0. The van der Waals surface area contributed by atoms with Crippen molar-refractivity contribution < 1.29 is 14.9 Å². The molecule has 0 aromatic heterocycles. The first-order valence-corrected chi connectivity index (χ1v) is 5.68. The summed E-state index contributed by atoms with van der Waals surface area (Å²) in [6.45, 7) is 1.44. The van der Waals surface area contributed by atoms with Crippen LogP contribution in [0.15, 0.2) is 0 Å². The van der Waals surface area contributed by atoms with Gasteiger partial charge in [0.25, 0.3) is 0 Å². The summed E-state index contributed by atoms with van der Waals surface area (Å²) in [7, 11) is 0. The zero-order valence-corrected chi connectivity index (χ0v) is 8.61. The quantitative estimate of drug-likeness (QED) is 0.615. The van der Waals surface area contributed by atoms with Gasteiger partial charge >= 0.3 is 0 Å². The number of rotatable bonds is 0. The molecule has 2 aliphatic rings. The third kappa shape index (κ3) is 1.81. The van der Waals surface area contributed by atoms with E-state index in [9.17, 15) is 10.2 Å². The molecule has 1 aliphatic heterocycles. The molecule has 3 nitrogen and oxygen atoms in total. The van der Waals surface area contributed by atoms with Gasteiger partial charge in [0.15, 0.2) is 0 Å². The topological polar surface area (TPSA) is 49.7 Å². The molecule has 0 aromatic carbocycles. The molecule has 2 N–H and O–H groups in total. The lowest BCUT2D eigenvalue weighted by molar-refractivity contribution is -0.123. The van der Waals surface area contributed by atoms with Crippen molar-refractivity contribution in [3.05, 3.63) is 0 Å². The standard InChI is InChI=1S/C11H20O3/c12-9-4-3-6-11(10(9)13)5-1-2-7-14-8-11/h9-10,12-13H,1-8H2/t9-,10+,11+/m1/s1. The average molecular weight is 200 g/mol. The third-order valence-corrected chi connectivity index (χ3v) is 3.77. The van der Waals surface area contributed by atoms with Gasteiger partial charge in [0.2, 0.25) is 0 Å². The molecule has 0 amide bonds. The molecule has 3 atom stereocenters. The summed E-state index contributed by atoms with van der Waals surface area (Å²) in [5.74, 6) is 0. The van der Waals surface area contributed by atoms with Gasteiger partial charge in [0, 0.05) is 12.0 Å². The lowest BCUT2D eigenvalue weighted by Crippen LogP contribution is -2.49. The van der Waals surface area contributed by atoms with Crippen molar-refractivity contribution in [1.82, 2.24) is 0 Å². The molecule has 0 bridgehead atoms. The van der Waals surface area contributed by atoms with Crippen LogP contribution in [0, 0.1) is 5.41 Å². The van der Waals surface area contributed by atoms with Crippen LogP contribution in [0.2, 0.25) is 0 Å². The fraction of sp³-hybridized carbons (Fsp3) is 1.00. The average Bonchev–Trinajstić information content (AvgIpc) is 2.41. The molecule has 1 saturated carbocycles. The van der Waals surface area contributed by atoms with Crippen molar-refractivity contribution in [2.24, 2.45) is 5.41 Å². The number of ether oxygens (including phenoxy) is 1. The molecule has 14 heavy (non-hydrogen) atoms. The Morgan fingerprint density at radius 2 is 1.86 bits per heavy atom. The van der Waals surface area contributed by atoms with E-state index in [4.69, 9.17) is 4.74 Å². The van der Waals surface area contributed by atoms with E-state index in [0.29, 0.717) is 6.61 Å². The van der Waals surface area contributed by atoms with Crippen LogP contribution in [0.5, 0.6) is 0 Å². The SMILES string of the molecule is O[C@@H]1CCC[C@]2(CCCCOC2)[C@H]1O. The van der Waals surface area contributed by atoms with Crippen LogP contribution in [0.3, 0.4) is 0 Å². The van der Waals surface area contributed by atoms with Crippen LogP contribution in [-0.2, 0) is 4.74 Å². The van der Waals surface area contributed by atoms with Gasteiger partial charge in [-0.1, -0.05) is 12.8 Å². The Bertz CT molecular complexity index is 185. The van der Waals surface area contributed by atoms with E-state index < -0.39 is 12.2 Å². The van der Waals surface area contributed by atoms with Gasteiger partial charge in [-0.3, -0.25) is 0 Å². The highest BCUT2D eigenvalue weighted by molar-refractivity contribution is 4.94. The minimum absolute atomic E-state index is 0.145. The molecular weight excluding hydrogens is 180 g/mol. The minimum Gasteiger partial charge on any atom is -0.390 e. The minimum atomic E-state index is -0.575. The van der Waals surface area contributed by atoms with Crippen molar-refractivity contribution in [3.8, 4) is 0 Å². The Balaban J connectivity index is 2.09. The lowest BCUT2D eigenvalue weighted by atomic mass is 9.68. The van der Waals surface area contributed by atoms with E-state index in [1.165, 1.54) is 0 Å². The first kappa shape index (κ1) is 10.4. The van der Waals surface area contributed by atoms with Gasteiger partial charge in [-0.05, 0) is 25.7 Å². The fourth-order valence-corrected chi connectivity index (χ4v) is 2.84. The second-order valence-electron chi connectivity index (χ2n) is 4.78. The Morgan fingerprint density at radius 3 is 2.71 bits per heavy atom. The van der Waals surface area contributed by atoms with Gasteiger partial charge in [0.1, 0.15) is 0 Å². The molecule has 1 spiro atoms. The second-order valence-corrected chi connectivity index (χ2v) is 4.78. The third-order valence-electron chi connectivity index (χ3n) is 3.77. The summed E-state index contributed by atoms with van der Waals surface area (Å²) in [5, 5.41) is 19.7. The maximum Gasteiger partial charge on any atom is 0.0877 e. The summed E-state index contributed by atoms with van der Waals surface area (Å²) in [5.41, 5.74) is -0.145. The first-order valence-electron chi connectivity index (χ1n) is 5.68. The monoisotopic (exact) mass is 200 g/mol. The predicted molar refractivity (Wildman–Crippen MR) is 53.0 cm³/mol. The molecule has 0 radical (unpaired) electrons. The molecule has 82 valence electrons. The van der Waals surface area contributed by atoms with Crippen molar-refractivity contribution in [2.75, 3.05) is 13.2 Å². The van der Waals surface area contributed by atoms with E-state index in [-0.39, 0.29) is 5.41 Å². The Kier molecular flexibility index (Phi) is 3.10. The van der Waals surface area contributed by atoms with Gasteiger partial charge in [-0.2, -0.15) is 0 Å². The van der Waals surface area contributed by atoms with Crippen molar-refractivity contribution in [3.63, 3.8) is 0 Å². The summed E-state index contributed by atoms with van der Waals surface area (Å²) >= 11 is 0. The molecule has 2 fully saturated rings. The lowest BCUT2D eigenvalue weighted by Gasteiger charge is -2.43. The summed E-state index contributed by atoms with van der Waals surface area (Å²) < 4.78 is 5.54. The fourth-order valence-electron chi connectivity index (χ4n) is 2.84. The van der Waals surface area contributed by atoms with Gasteiger partial charge < -0.3 is 14.9 Å². The highest BCUT2D eigenvalue weighted by Crippen LogP contribution is 2.42. The molecule has 1 aliphatic carbocycles. The van der Waals surface area contributed by atoms with Crippen LogP contribution in [0.25, 0.3) is 0 Å². The largest absolute Gasteiger partial charge is 0.390 e. The second kappa shape index (κ2) is 4.17.